The number of carbonyl (C=O) groups is 2. The number of fused-ring (bicyclic) bond motifs is 1. The van der Waals surface area contributed by atoms with E-state index in [0.717, 1.165) is 11.3 Å². The van der Waals surface area contributed by atoms with Crippen LogP contribution in [0.2, 0.25) is 0 Å². The summed E-state index contributed by atoms with van der Waals surface area (Å²) in [5.74, 6) is -0.0888. The van der Waals surface area contributed by atoms with Crippen LogP contribution in [0.15, 0.2) is 24.3 Å². The smallest absolute Gasteiger partial charge is 0.276 e. The number of aromatic nitrogens is 3. The summed E-state index contributed by atoms with van der Waals surface area (Å²) >= 11 is 0. The van der Waals surface area contributed by atoms with Gasteiger partial charge in [0.2, 0.25) is 5.91 Å². The number of benzene rings is 1. The number of hydrogen-bond acceptors (Lipinski definition) is 5. The van der Waals surface area contributed by atoms with Crippen LogP contribution in [0.4, 0.5) is 0 Å². The van der Waals surface area contributed by atoms with Gasteiger partial charge < -0.3 is 15.0 Å². The molecule has 1 N–H and O–H groups in total. The molecule has 0 saturated carbocycles. The second kappa shape index (κ2) is 8.55. The van der Waals surface area contributed by atoms with E-state index < -0.39 is 0 Å². The molecule has 8 nitrogen and oxygen atoms in total. The van der Waals surface area contributed by atoms with Crippen molar-refractivity contribution in [3.05, 3.63) is 46.8 Å². The number of hydrogen-bond donors (Lipinski definition) is 1. The number of likely N-dealkylation sites (tertiary alicyclic amines) is 1. The molecular weight excluding hydrogens is 382 g/mol. The molecule has 0 bridgehead atoms. The fourth-order valence-electron chi connectivity index (χ4n) is 4.06. The van der Waals surface area contributed by atoms with Gasteiger partial charge in [-0.1, -0.05) is 35.0 Å². The minimum Gasteiger partial charge on any atom is -0.365 e. The Bertz CT molecular complexity index is 913. The SMILES string of the molecule is Cc1ccc([C@H]2Cn3nnc(C(=O)N4CCC(C(=O)NC(C)C)CC4)c3CO2)cc1. The first-order valence-corrected chi connectivity index (χ1v) is 10.6. The minimum absolute atomic E-state index is 0.0379. The molecule has 4 rings (SSSR count). The summed E-state index contributed by atoms with van der Waals surface area (Å²) in [4.78, 5) is 27.0. The van der Waals surface area contributed by atoms with Gasteiger partial charge in [-0.05, 0) is 39.2 Å². The molecule has 2 aliphatic heterocycles. The first kappa shape index (κ1) is 20.5. The first-order valence-electron chi connectivity index (χ1n) is 10.6. The molecule has 1 atom stereocenters. The molecule has 3 heterocycles. The lowest BCUT2D eigenvalue weighted by atomic mass is 9.95. The zero-order valence-corrected chi connectivity index (χ0v) is 17.8. The molecule has 8 heteroatoms. The summed E-state index contributed by atoms with van der Waals surface area (Å²) in [6, 6.07) is 8.38. The molecule has 2 aromatic rings. The highest BCUT2D eigenvalue weighted by molar-refractivity contribution is 5.93. The van der Waals surface area contributed by atoms with Crippen LogP contribution in [0, 0.1) is 12.8 Å². The van der Waals surface area contributed by atoms with Gasteiger partial charge in [-0.25, -0.2) is 4.68 Å². The Morgan fingerprint density at radius 1 is 1.17 bits per heavy atom. The molecule has 1 saturated heterocycles. The maximum Gasteiger partial charge on any atom is 0.276 e. The summed E-state index contributed by atoms with van der Waals surface area (Å²) in [6.45, 7) is 7.91. The number of nitrogens with zero attached hydrogens (tertiary/aromatic N) is 4. The lowest BCUT2D eigenvalue weighted by Gasteiger charge is -2.31. The van der Waals surface area contributed by atoms with Gasteiger partial charge in [0.15, 0.2) is 5.69 Å². The van der Waals surface area contributed by atoms with E-state index in [2.05, 4.69) is 46.8 Å². The second-order valence-corrected chi connectivity index (χ2v) is 8.51. The van der Waals surface area contributed by atoms with Crippen LogP contribution < -0.4 is 5.32 Å². The van der Waals surface area contributed by atoms with Gasteiger partial charge in [-0.3, -0.25) is 9.59 Å². The number of carbonyl (C=O) groups excluding carboxylic acids is 2. The van der Waals surface area contributed by atoms with Crippen molar-refractivity contribution >= 4 is 11.8 Å². The topological polar surface area (TPSA) is 89.4 Å². The van der Waals surface area contributed by atoms with E-state index in [4.69, 9.17) is 4.74 Å². The Labute approximate surface area is 176 Å². The molecule has 0 spiro atoms. The van der Waals surface area contributed by atoms with Crippen LogP contribution in [0.25, 0.3) is 0 Å². The van der Waals surface area contributed by atoms with E-state index in [0.29, 0.717) is 44.8 Å². The van der Waals surface area contributed by atoms with E-state index >= 15 is 0 Å². The van der Waals surface area contributed by atoms with Crippen LogP contribution in [0.5, 0.6) is 0 Å². The van der Waals surface area contributed by atoms with Gasteiger partial charge in [0.1, 0.15) is 6.10 Å². The molecule has 0 radical (unpaired) electrons. The Kier molecular flexibility index (Phi) is 5.85. The van der Waals surface area contributed by atoms with E-state index in [1.807, 2.05) is 13.8 Å². The van der Waals surface area contributed by atoms with Crippen molar-refractivity contribution < 1.29 is 14.3 Å². The fourth-order valence-corrected chi connectivity index (χ4v) is 4.06. The highest BCUT2D eigenvalue weighted by Crippen LogP contribution is 2.28. The van der Waals surface area contributed by atoms with E-state index in [9.17, 15) is 9.59 Å². The van der Waals surface area contributed by atoms with E-state index in [1.54, 1.807) is 9.58 Å². The lowest BCUT2D eigenvalue weighted by Crippen LogP contribution is -2.44. The Morgan fingerprint density at radius 3 is 2.53 bits per heavy atom. The third-order valence-electron chi connectivity index (χ3n) is 5.83. The second-order valence-electron chi connectivity index (χ2n) is 8.51. The quantitative estimate of drug-likeness (QED) is 0.833. The van der Waals surface area contributed by atoms with Gasteiger partial charge in [0.05, 0.1) is 18.8 Å². The lowest BCUT2D eigenvalue weighted by molar-refractivity contribution is -0.126. The zero-order valence-electron chi connectivity index (χ0n) is 17.8. The maximum absolute atomic E-state index is 13.0. The number of rotatable bonds is 4. The van der Waals surface area contributed by atoms with E-state index in [1.165, 1.54) is 5.56 Å². The summed E-state index contributed by atoms with van der Waals surface area (Å²) in [5, 5.41) is 11.3. The maximum atomic E-state index is 13.0. The molecule has 0 aliphatic carbocycles. The summed E-state index contributed by atoms with van der Waals surface area (Å²) < 4.78 is 7.81. The van der Waals surface area contributed by atoms with E-state index in [-0.39, 0.29) is 29.9 Å². The van der Waals surface area contributed by atoms with Crippen molar-refractivity contribution in [2.24, 2.45) is 5.92 Å². The zero-order chi connectivity index (χ0) is 21.3. The van der Waals surface area contributed by atoms with Gasteiger partial charge in [-0.2, -0.15) is 0 Å². The monoisotopic (exact) mass is 411 g/mol. The molecule has 1 aromatic heterocycles. The van der Waals surface area contributed by atoms with Crippen LogP contribution in [0.1, 0.15) is 60.1 Å². The third kappa shape index (κ3) is 4.23. The predicted molar refractivity (Wildman–Crippen MR) is 111 cm³/mol. The number of piperidine rings is 1. The van der Waals surface area contributed by atoms with Crippen molar-refractivity contribution in [2.75, 3.05) is 13.1 Å². The number of aryl methyl sites for hydroxylation is 1. The van der Waals surface area contributed by atoms with Gasteiger partial charge in [-0.15, -0.1) is 5.10 Å². The predicted octanol–water partition coefficient (Wildman–Crippen LogP) is 2.23. The standard InChI is InChI=1S/C22H29N5O3/c1-14(2)23-21(28)17-8-10-26(11-9-17)22(29)20-18-13-30-19(12-27(18)25-24-20)16-6-4-15(3)5-7-16/h4-7,14,17,19H,8-13H2,1-3H3,(H,23,28)/t19-/m1/s1. The number of nitrogens with one attached hydrogen (secondary N) is 1. The Balaban J connectivity index is 1.39. The summed E-state index contributed by atoms with van der Waals surface area (Å²) in [7, 11) is 0. The average molecular weight is 412 g/mol. The normalized spacial score (nSPS) is 19.6. The molecule has 1 aromatic carbocycles. The van der Waals surface area contributed by atoms with Gasteiger partial charge in [0.25, 0.3) is 5.91 Å². The molecule has 2 aliphatic rings. The summed E-state index contributed by atoms with van der Waals surface area (Å²) in [6.07, 6.45) is 1.23. The Morgan fingerprint density at radius 2 is 1.87 bits per heavy atom. The van der Waals surface area contributed by atoms with Crippen molar-refractivity contribution in [1.82, 2.24) is 25.2 Å². The van der Waals surface area contributed by atoms with Crippen molar-refractivity contribution in [1.29, 1.82) is 0 Å². The fraction of sp³-hybridized carbons (Fsp3) is 0.545. The third-order valence-corrected chi connectivity index (χ3v) is 5.83. The number of amides is 2. The van der Waals surface area contributed by atoms with Crippen molar-refractivity contribution in [3.8, 4) is 0 Å². The van der Waals surface area contributed by atoms with Crippen LogP contribution in [-0.2, 0) is 22.7 Å². The largest absolute Gasteiger partial charge is 0.365 e. The molecule has 2 amide bonds. The van der Waals surface area contributed by atoms with Crippen LogP contribution in [0.3, 0.4) is 0 Å². The molecule has 1 fully saturated rings. The summed E-state index contributed by atoms with van der Waals surface area (Å²) in [5.41, 5.74) is 3.39. The average Bonchev–Trinajstić information content (AvgIpc) is 3.16. The minimum atomic E-state index is -0.128. The van der Waals surface area contributed by atoms with Crippen LogP contribution >= 0.6 is 0 Å². The Hall–Kier alpha value is -2.74. The number of ether oxygens (including phenoxy) is 1. The first-order chi connectivity index (χ1) is 14.4. The van der Waals surface area contributed by atoms with Gasteiger partial charge >= 0.3 is 0 Å². The highest BCUT2D eigenvalue weighted by atomic mass is 16.5. The van der Waals surface area contributed by atoms with Crippen molar-refractivity contribution in [2.45, 2.75) is 58.9 Å². The van der Waals surface area contributed by atoms with Gasteiger partial charge in [0, 0.05) is 25.0 Å². The molecule has 30 heavy (non-hydrogen) atoms. The highest BCUT2D eigenvalue weighted by Gasteiger charge is 2.33. The van der Waals surface area contributed by atoms with Crippen LogP contribution in [-0.4, -0.2) is 50.8 Å². The molecular formula is C22H29N5O3. The van der Waals surface area contributed by atoms with Crippen molar-refractivity contribution in [3.63, 3.8) is 0 Å². The molecule has 0 unspecified atom stereocenters. The molecule has 160 valence electrons.